The van der Waals surface area contributed by atoms with Gasteiger partial charge in [-0.1, -0.05) is 30.3 Å². The molecule has 6 nitrogen and oxygen atoms in total. The standard InChI is InChI=1S/C22H24FN3O3/c1-14(24)21(15(2)25)17-10-18(12-19(23)11-17)22(28)26-9-8-20(27)29-13-16-6-4-3-5-7-16/h3-7,10-12,24H,8-9,13,25H2,1-2H3,(H,26,28)/b21-15+,24-14?. The molecule has 0 aliphatic rings. The van der Waals surface area contributed by atoms with Crippen molar-refractivity contribution in [3.63, 3.8) is 0 Å². The summed E-state index contributed by atoms with van der Waals surface area (Å²) < 4.78 is 19.1. The molecule has 0 bridgehead atoms. The van der Waals surface area contributed by atoms with Gasteiger partial charge in [-0.05, 0) is 43.2 Å². The molecule has 152 valence electrons. The van der Waals surface area contributed by atoms with Crippen LogP contribution in [0.1, 0.15) is 41.8 Å². The van der Waals surface area contributed by atoms with Gasteiger partial charge in [0.1, 0.15) is 12.4 Å². The summed E-state index contributed by atoms with van der Waals surface area (Å²) >= 11 is 0. The first-order chi connectivity index (χ1) is 13.8. The number of halogens is 1. The number of ether oxygens (including phenoxy) is 1. The number of hydrogen-bond donors (Lipinski definition) is 3. The third-order valence-corrected chi connectivity index (χ3v) is 4.08. The van der Waals surface area contributed by atoms with Gasteiger partial charge in [0.2, 0.25) is 0 Å². The fraction of sp³-hybridized carbons (Fsp3) is 0.227. The van der Waals surface area contributed by atoms with Crippen molar-refractivity contribution in [3.05, 3.63) is 76.7 Å². The minimum atomic E-state index is -0.616. The van der Waals surface area contributed by atoms with E-state index in [1.807, 2.05) is 30.3 Å². The normalized spacial score (nSPS) is 11.4. The smallest absolute Gasteiger partial charge is 0.307 e. The van der Waals surface area contributed by atoms with Crippen molar-refractivity contribution in [2.75, 3.05) is 6.54 Å². The molecule has 0 aliphatic heterocycles. The topological polar surface area (TPSA) is 105 Å². The number of amides is 1. The highest BCUT2D eigenvalue weighted by Crippen LogP contribution is 2.21. The highest BCUT2D eigenvalue weighted by Gasteiger charge is 2.14. The maximum atomic E-state index is 14.0. The first-order valence-electron chi connectivity index (χ1n) is 9.08. The Morgan fingerprint density at radius 3 is 2.38 bits per heavy atom. The Hall–Kier alpha value is -3.48. The molecule has 0 spiro atoms. The van der Waals surface area contributed by atoms with Gasteiger partial charge in [-0.3, -0.25) is 9.59 Å². The summed E-state index contributed by atoms with van der Waals surface area (Å²) in [5.74, 6) is -1.59. The van der Waals surface area contributed by atoms with Crippen LogP contribution in [0.5, 0.6) is 0 Å². The van der Waals surface area contributed by atoms with E-state index in [1.165, 1.54) is 19.1 Å². The van der Waals surface area contributed by atoms with Crippen LogP contribution in [0.25, 0.3) is 5.57 Å². The fourth-order valence-corrected chi connectivity index (χ4v) is 2.80. The van der Waals surface area contributed by atoms with Crippen LogP contribution in [-0.4, -0.2) is 24.1 Å². The van der Waals surface area contributed by atoms with Crippen LogP contribution in [0.2, 0.25) is 0 Å². The van der Waals surface area contributed by atoms with Gasteiger partial charge in [-0.2, -0.15) is 0 Å². The molecular formula is C22H24FN3O3. The van der Waals surface area contributed by atoms with E-state index in [0.717, 1.165) is 11.6 Å². The number of benzene rings is 2. The Balaban J connectivity index is 1.94. The van der Waals surface area contributed by atoms with E-state index in [4.69, 9.17) is 15.9 Å². The Bertz CT molecular complexity index is 936. The average molecular weight is 397 g/mol. The third-order valence-electron chi connectivity index (χ3n) is 4.08. The van der Waals surface area contributed by atoms with Gasteiger partial charge in [0.15, 0.2) is 0 Å². The molecule has 0 aromatic heterocycles. The zero-order valence-corrected chi connectivity index (χ0v) is 16.4. The molecule has 0 saturated heterocycles. The molecule has 2 aromatic rings. The van der Waals surface area contributed by atoms with Crippen molar-refractivity contribution in [2.45, 2.75) is 26.9 Å². The summed E-state index contributed by atoms with van der Waals surface area (Å²) in [6, 6.07) is 13.0. The Kier molecular flexibility index (Phi) is 7.65. The maximum Gasteiger partial charge on any atom is 0.307 e. The Labute approximate surface area is 169 Å². The van der Waals surface area contributed by atoms with Crippen LogP contribution >= 0.6 is 0 Å². The molecule has 0 atom stereocenters. The van der Waals surface area contributed by atoms with Crippen molar-refractivity contribution in [1.82, 2.24) is 5.32 Å². The highest BCUT2D eigenvalue weighted by atomic mass is 19.1. The zero-order valence-electron chi connectivity index (χ0n) is 16.4. The second-order valence-electron chi connectivity index (χ2n) is 6.56. The molecular weight excluding hydrogens is 373 g/mol. The van der Waals surface area contributed by atoms with Gasteiger partial charge in [0.05, 0.1) is 6.42 Å². The lowest BCUT2D eigenvalue weighted by Crippen LogP contribution is -2.26. The number of nitrogens with one attached hydrogen (secondary N) is 2. The number of esters is 1. The van der Waals surface area contributed by atoms with Gasteiger partial charge in [0.25, 0.3) is 5.91 Å². The predicted octanol–water partition coefficient (Wildman–Crippen LogP) is 3.42. The molecule has 7 heteroatoms. The SMILES string of the molecule is CC(=N)/C(=C(/C)N)c1cc(F)cc(C(=O)NCCC(=O)OCc2ccccc2)c1. The quantitative estimate of drug-likeness (QED) is 0.469. The van der Waals surface area contributed by atoms with Crippen LogP contribution in [0.4, 0.5) is 4.39 Å². The van der Waals surface area contributed by atoms with Gasteiger partial charge < -0.3 is 21.2 Å². The number of hydrogen-bond acceptors (Lipinski definition) is 5. The van der Waals surface area contributed by atoms with Crippen LogP contribution in [0, 0.1) is 11.2 Å². The molecule has 0 heterocycles. The summed E-state index contributed by atoms with van der Waals surface area (Å²) in [5, 5.41) is 10.4. The number of carbonyl (C=O) groups is 2. The van der Waals surface area contributed by atoms with E-state index >= 15 is 0 Å². The monoisotopic (exact) mass is 397 g/mol. The van der Waals surface area contributed by atoms with Crippen LogP contribution in [-0.2, 0) is 16.1 Å². The summed E-state index contributed by atoms with van der Waals surface area (Å²) in [4.78, 5) is 24.1. The van der Waals surface area contributed by atoms with Gasteiger partial charge in [-0.15, -0.1) is 0 Å². The first-order valence-corrected chi connectivity index (χ1v) is 9.08. The molecule has 1 amide bonds. The Morgan fingerprint density at radius 1 is 1.10 bits per heavy atom. The summed E-state index contributed by atoms with van der Waals surface area (Å²) in [7, 11) is 0. The lowest BCUT2D eigenvalue weighted by Gasteiger charge is -2.11. The molecule has 2 rings (SSSR count). The fourth-order valence-electron chi connectivity index (χ4n) is 2.80. The minimum Gasteiger partial charge on any atom is -0.461 e. The van der Waals surface area contributed by atoms with Crippen molar-refractivity contribution >= 4 is 23.2 Å². The minimum absolute atomic E-state index is 0.00653. The van der Waals surface area contributed by atoms with Crippen LogP contribution in [0.3, 0.4) is 0 Å². The van der Waals surface area contributed by atoms with Crippen LogP contribution < -0.4 is 11.1 Å². The average Bonchev–Trinajstić information content (AvgIpc) is 2.66. The molecule has 0 aliphatic carbocycles. The van der Waals surface area contributed by atoms with Crippen LogP contribution in [0.15, 0.2) is 54.2 Å². The number of rotatable bonds is 8. The lowest BCUT2D eigenvalue weighted by atomic mass is 9.98. The second-order valence-corrected chi connectivity index (χ2v) is 6.56. The second kappa shape index (κ2) is 10.2. The number of allylic oxidation sites excluding steroid dienone is 2. The van der Waals surface area contributed by atoms with E-state index in [1.54, 1.807) is 6.92 Å². The first kappa shape index (κ1) is 21.8. The lowest BCUT2D eigenvalue weighted by molar-refractivity contribution is -0.144. The van der Waals surface area contributed by atoms with Gasteiger partial charge in [-0.25, -0.2) is 4.39 Å². The molecule has 0 radical (unpaired) electrons. The van der Waals surface area contributed by atoms with E-state index in [0.29, 0.717) is 16.8 Å². The molecule has 0 fully saturated rings. The predicted molar refractivity (Wildman–Crippen MR) is 110 cm³/mol. The number of nitrogens with two attached hydrogens (primary N) is 1. The maximum absolute atomic E-state index is 14.0. The van der Waals surface area contributed by atoms with E-state index in [-0.39, 0.29) is 30.8 Å². The molecule has 29 heavy (non-hydrogen) atoms. The largest absolute Gasteiger partial charge is 0.461 e. The molecule has 4 N–H and O–H groups in total. The summed E-state index contributed by atoms with van der Waals surface area (Å²) in [6.07, 6.45) is -0.00653. The van der Waals surface area contributed by atoms with E-state index < -0.39 is 17.7 Å². The summed E-state index contributed by atoms with van der Waals surface area (Å²) in [6.45, 7) is 3.37. The van der Waals surface area contributed by atoms with Crippen molar-refractivity contribution in [3.8, 4) is 0 Å². The Morgan fingerprint density at radius 2 is 1.76 bits per heavy atom. The summed E-state index contributed by atoms with van der Waals surface area (Å²) in [5.41, 5.74) is 8.00. The van der Waals surface area contributed by atoms with Gasteiger partial charge in [0, 0.05) is 29.1 Å². The zero-order chi connectivity index (χ0) is 21.4. The van der Waals surface area contributed by atoms with E-state index in [9.17, 15) is 14.0 Å². The van der Waals surface area contributed by atoms with Crippen molar-refractivity contribution in [1.29, 1.82) is 5.41 Å². The van der Waals surface area contributed by atoms with Gasteiger partial charge >= 0.3 is 5.97 Å². The molecule has 2 aromatic carbocycles. The molecule has 0 saturated carbocycles. The number of carbonyl (C=O) groups excluding carboxylic acids is 2. The van der Waals surface area contributed by atoms with E-state index in [2.05, 4.69) is 5.32 Å². The van der Waals surface area contributed by atoms with Crippen molar-refractivity contribution in [2.24, 2.45) is 5.73 Å². The molecule has 0 unspecified atom stereocenters. The van der Waals surface area contributed by atoms with Crippen molar-refractivity contribution < 1.29 is 18.7 Å². The third kappa shape index (κ3) is 6.57. The highest BCUT2D eigenvalue weighted by molar-refractivity contribution is 6.22.